The maximum Gasteiger partial charge on any atom is 0.339 e. The van der Waals surface area contributed by atoms with Gasteiger partial charge in [0.15, 0.2) is 0 Å². The van der Waals surface area contributed by atoms with Crippen molar-refractivity contribution in [3.8, 4) is 5.75 Å². The highest BCUT2D eigenvalue weighted by Crippen LogP contribution is 2.47. The van der Waals surface area contributed by atoms with E-state index in [1.165, 1.54) is 10.4 Å². The third-order valence-electron chi connectivity index (χ3n) is 5.52. The molecule has 1 aliphatic carbocycles. The van der Waals surface area contributed by atoms with Crippen molar-refractivity contribution in [3.63, 3.8) is 0 Å². The Morgan fingerprint density at radius 2 is 2.04 bits per heavy atom. The predicted octanol–water partition coefficient (Wildman–Crippen LogP) is 2.06. The number of carbonyl (C=O) groups is 1. The molecule has 2 aliphatic rings. The minimum atomic E-state index is -3.83. The van der Waals surface area contributed by atoms with Crippen molar-refractivity contribution in [1.82, 2.24) is 4.31 Å². The first-order chi connectivity index (χ1) is 11.8. The number of sulfonamides is 1. The van der Waals surface area contributed by atoms with E-state index in [0.717, 1.165) is 44.2 Å². The van der Waals surface area contributed by atoms with Crippen LogP contribution < -0.4 is 0 Å². The van der Waals surface area contributed by atoms with Gasteiger partial charge in [0.05, 0.1) is 11.0 Å². The maximum atomic E-state index is 13.0. The lowest BCUT2D eigenvalue weighted by Crippen LogP contribution is -2.49. The van der Waals surface area contributed by atoms with Crippen LogP contribution in [-0.2, 0) is 14.8 Å². The summed E-state index contributed by atoms with van der Waals surface area (Å²) in [7, 11) is -2.16. The second kappa shape index (κ2) is 6.59. The molecule has 2 N–H and O–H groups in total. The normalized spacial score (nSPS) is 27.6. The van der Waals surface area contributed by atoms with Gasteiger partial charge in [-0.05, 0) is 43.9 Å². The fourth-order valence-corrected chi connectivity index (χ4v) is 5.86. The number of ether oxygens (including phenoxy) is 1. The van der Waals surface area contributed by atoms with E-state index in [1.807, 2.05) is 0 Å². The summed E-state index contributed by atoms with van der Waals surface area (Å²) in [4.78, 5) is 11.1. The lowest BCUT2D eigenvalue weighted by molar-refractivity contribution is -0.0184. The highest BCUT2D eigenvalue weighted by atomic mass is 32.2. The van der Waals surface area contributed by atoms with E-state index in [9.17, 15) is 18.3 Å². The van der Waals surface area contributed by atoms with E-state index in [4.69, 9.17) is 9.84 Å². The molecule has 1 heterocycles. The molecule has 1 spiro atoms. The van der Waals surface area contributed by atoms with E-state index < -0.39 is 27.3 Å². The summed E-state index contributed by atoms with van der Waals surface area (Å²) in [5, 5.41) is 18.7. The minimum absolute atomic E-state index is 0.0555. The molecule has 0 radical (unpaired) electrons. The molecule has 8 heteroatoms. The molecule has 7 nitrogen and oxygen atoms in total. The van der Waals surface area contributed by atoms with Crippen LogP contribution in [0, 0.1) is 5.41 Å². The van der Waals surface area contributed by atoms with Crippen molar-refractivity contribution in [2.75, 3.05) is 20.2 Å². The van der Waals surface area contributed by atoms with Gasteiger partial charge in [-0.25, -0.2) is 13.2 Å². The van der Waals surface area contributed by atoms with E-state index in [2.05, 4.69) is 0 Å². The van der Waals surface area contributed by atoms with E-state index >= 15 is 0 Å². The van der Waals surface area contributed by atoms with Gasteiger partial charge < -0.3 is 14.9 Å². The van der Waals surface area contributed by atoms with E-state index in [-0.39, 0.29) is 16.4 Å². The topological polar surface area (TPSA) is 104 Å². The molecular weight excluding hydrogens is 346 g/mol. The highest BCUT2D eigenvalue weighted by molar-refractivity contribution is 7.89. The summed E-state index contributed by atoms with van der Waals surface area (Å²) >= 11 is 0. The predicted molar refractivity (Wildman–Crippen MR) is 90.1 cm³/mol. The van der Waals surface area contributed by atoms with Gasteiger partial charge in [-0.15, -0.1) is 0 Å². The standard InChI is InChI=1S/C17H23NO6S/c1-24-15-4-2-7-17(15)8-3-9-18(11-17)25(22,23)12-5-6-14(19)13(10-12)16(20)21/h5-6,10,15,19H,2-4,7-9,11H2,1H3,(H,20,21)/t15-,17-/m1/s1. The third kappa shape index (κ3) is 3.14. The Bertz CT molecular complexity index is 777. The largest absolute Gasteiger partial charge is 0.507 e. The summed E-state index contributed by atoms with van der Waals surface area (Å²) in [6.45, 7) is 0.793. The molecule has 1 aromatic carbocycles. The zero-order valence-corrected chi connectivity index (χ0v) is 15.0. The van der Waals surface area contributed by atoms with Crippen molar-refractivity contribution in [2.45, 2.75) is 43.1 Å². The number of aromatic hydroxyl groups is 1. The Kier molecular flexibility index (Phi) is 4.78. The monoisotopic (exact) mass is 369 g/mol. The van der Waals surface area contributed by atoms with Gasteiger partial charge in [0.25, 0.3) is 0 Å². The number of aromatic carboxylic acids is 1. The lowest BCUT2D eigenvalue weighted by atomic mass is 9.77. The second-order valence-corrected chi connectivity index (χ2v) is 8.84. The number of benzene rings is 1. The number of hydrogen-bond acceptors (Lipinski definition) is 5. The van der Waals surface area contributed by atoms with Gasteiger partial charge >= 0.3 is 5.97 Å². The Morgan fingerprint density at radius 1 is 1.32 bits per heavy atom. The van der Waals surface area contributed by atoms with Crippen LogP contribution in [0.5, 0.6) is 5.75 Å². The molecule has 138 valence electrons. The van der Waals surface area contributed by atoms with Crippen molar-refractivity contribution in [2.24, 2.45) is 5.41 Å². The van der Waals surface area contributed by atoms with Crippen LogP contribution in [0.15, 0.2) is 23.1 Å². The van der Waals surface area contributed by atoms with Crippen molar-refractivity contribution < 1.29 is 28.2 Å². The first kappa shape index (κ1) is 18.2. The Labute approximate surface area is 147 Å². The molecule has 25 heavy (non-hydrogen) atoms. The summed E-state index contributed by atoms with van der Waals surface area (Å²) < 4.78 is 33.1. The summed E-state index contributed by atoms with van der Waals surface area (Å²) in [6.07, 6.45) is 4.64. The molecular formula is C17H23NO6S. The molecule has 0 amide bonds. The molecule has 1 saturated carbocycles. The number of carboxylic acids is 1. The van der Waals surface area contributed by atoms with Crippen molar-refractivity contribution in [3.05, 3.63) is 23.8 Å². The number of carboxylic acid groups (broad SMARTS) is 1. The lowest BCUT2D eigenvalue weighted by Gasteiger charge is -2.43. The van der Waals surface area contributed by atoms with Gasteiger partial charge in [0, 0.05) is 25.6 Å². The smallest absolute Gasteiger partial charge is 0.339 e. The van der Waals surface area contributed by atoms with Crippen LogP contribution in [0.2, 0.25) is 0 Å². The van der Waals surface area contributed by atoms with Gasteiger partial charge in [-0.3, -0.25) is 0 Å². The van der Waals surface area contributed by atoms with Gasteiger partial charge in [-0.2, -0.15) is 4.31 Å². The van der Waals surface area contributed by atoms with Crippen LogP contribution in [0.1, 0.15) is 42.5 Å². The van der Waals surface area contributed by atoms with Crippen LogP contribution in [0.25, 0.3) is 0 Å². The average molecular weight is 369 g/mol. The molecule has 1 aromatic rings. The van der Waals surface area contributed by atoms with Crippen molar-refractivity contribution >= 4 is 16.0 Å². The molecule has 1 aliphatic heterocycles. The Morgan fingerprint density at radius 3 is 2.72 bits per heavy atom. The van der Waals surface area contributed by atoms with Crippen molar-refractivity contribution in [1.29, 1.82) is 0 Å². The summed E-state index contributed by atoms with van der Waals surface area (Å²) in [5.74, 6) is -1.81. The number of nitrogens with zero attached hydrogens (tertiary/aromatic N) is 1. The third-order valence-corrected chi connectivity index (χ3v) is 7.36. The molecule has 0 bridgehead atoms. The number of rotatable bonds is 4. The molecule has 2 atom stereocenters. The van der Waals surface area contributed by atoms with Crippen LogP contribution in [0.3, 0.4) is 0 Å². The number of piperidine rings is 1. The van der Waals surface area contributed by atoms with Gasteiger partial charge in [0.1, 0.15) is 11.3 Å². The molecule has 2 fully saturated rings. The fourth-order valence-electron chi connectivity index (χ4n) is 4.26. The van der Waals surface area contributed by atoms with Crippen LogP contribution in [-0.4, -0.2) is 55.2 Å². The Hall–Kier alpha value is -1.64. The maximum absolute atomic E-state index is 13.0. The van der Waals surface area contributed by atoms with Crippen LogP contribution >= 0.6 is 0 Å². The highest BCUT2D eigenvalue weighted by Gasteiger charge is 2.48. The molecule has 0 unspecified atom stereocenters. The minimum Gasteiger partial charge on any atom is -0.507 e. The summed E-state index contributed by atoms with van der Waals surface area (Å²) in [5.41, 5.74) is -0.574. The molecule has 3 rings (SSSR count). The zero-order valence-electron chi connectivity index (χ0n) is 14.1. The quantitative estimate of drug-likeness (QED) is 0.842. The van der Waals surface area contributed by atoms with Gasteiger partial charge in [0.2, 0.25) is 10.0 Å². The van der Waals surface area contributed by atoms with E-state index in [0.29, 0.717) is 13.1 Å². The fraction of sp³-hybridized carbons (Fsp3) is 0.588. The average Bonchev–Trinajstić information content (AvgIpc) is 2.96. The first-order valence-electron chi connectivity index (χ1n) is 8.39. The first-order valence-corrected chi connectivity index (χ1v) is 9.83. The van der Waals surface area contributed by atoms with E-state index in [1.54, 1.807) is 7.11 Å². The number of hydrogen-bond donors (Lipinski definition) is 2. The Balaban J connectivity index is 1.92. The summed E-state index contributed by atoms with van der Waals surface area (Å²) in [6, 6.07) is 3.39. The number of methoxy groups -OCH3 is 1. The SMILES string of the molecule is CO[C@@H]1CCC[C@]12CCCN(S(=O)(=O)c1ccc(O)c(C(=O)O)c1)C2. The molecule has 0 aromatic heterocycles. The number of phenols is 1. The second-order valence-electron chi connectivity index (χ2n) is 6.91. The molecule has 1 saturated heterocycles. The van der Waals surface area contributed by atoms with Gasteiger partial charge in [-0.1, -0.05) is 6.42 Å². The van der Waals surface area contributed by atoms with Crippen LogP contribution in [0.4, 0.5) is 0 Å². The zero-order chi connectivity index (χ0) is 18.2.